The van der Waals surface area contributed by atoms with Gasteiger partial charge in [-0.3, -0.25) is 14.6 Å². The Labute approximate surface area is 124 Å². The molecule has 1 aromatic heterocycles. The van der Waals surface area contributed by atoms with Gasteiger partial charge in [-0.25, -0.2) is 4.98 Å². The molecule has 0 aromatic carbocycles. The molecule has 0 saturated carbocycles. The number of anilines is 1. The molecule has 0 aliphatic rings. The smallest absolute Gasteiger partial charge is 0.271 e. The number of carbonyl (C=O) groups is 2. The van der Waals surface area contributed by atoms with E-state index < -0.39 is 0 Å². The van der Waals surface area contributed by atoms with Crippen molar-refractivity contribution in [2.45, 2.75) is 39.7 Å². The maximum atomic E-state index is 11.9. The number of hydrogen-bond acceptors (Lipinski definition) is 5. The van der Waals surface area contributed by atoms with E-state index in [0.717, 1.165) is 0 Å². The summed E-state index contributed by atoms with van der Waals surface area (Å²) in [5.74, 6) is 0.108. The quantitative estimate of drug-likeness (QED) is 0.725. The molecule has 3 N–H and O–H groups in total. The second-order valence-electron chi connectivity index (χ2n) is 5.62. The van der Waals surface area contributed by atoms with Crippen LogP contribution in [0.5, 0.6) is 0 Å². The third kappa shape index (κ3) is 6.69. The van der Waals surface area contributed by atoms with E-state index in [4.69, 9.17) is 0 Å². The van der Waals surface area contributed by atoms with E-state index in [0.29, 0.717) is 12.4 Å². The fraction of sp³-hybridized carbons (Fsp3) is 0.571. The van der Waals surface area contributed by atoms with E-state index in [9.17, 15) is 9.59 Å². The van der Waals surface area contributed by atoms with E-state index in [1.54, 1.807) is 6.20 Å². The van der Waals surface area contributed by atoms with Gasteiger partial charge in [-0.05, 0) is 27.7 Å². The van der Waals surface area contributed by atoms with Crippen molar-refractivity contribution in [1.29, 1.82) is 0 Å². The highest BCUT2D eigenvalue weighted by Gasteiger charge is 2.14. The fourth-order valence-corrected chi connectivity index (χ4v) is 1.60. The summed E-state index contributed by atoms with van der Waals surface area (Å²) in [4.78, 5) is 31.6. The first-order chi connectivity index (χ1) is 9.81. The molecule has 7 heteroatoms. The van der Waals surface area contributed by atoms with Gasteiger partial charge < -0.3 is 16.0 Å². The largest absolute Gasteiger partial charge is 0.369 e. The van der Waals surface area contributed by atoms with E-state index in [1.807, 2.05) is 27.7 Å². The molecule has 0 spiro atoms. The van der Waals surface area contributed by atoms with Crippen molar-refractivity contribution in [2.24, 2.45) is 0 Å². The number of rotatable bonds is 6. The summed E-state index contributed by atoms with van der Waals surface area (Å²) < 4.78 is 0. The molecule has 0 atom stereocenters. The summed E-state index contributed by atoms with van der Waals surface area (Å²) in [6.45, 7) is 8.62. The molecule has 0 radical (unpaired) electrons. The lowest BCUT2D eigenvalue weighted by Gasteiger charge is -2.20. The van der Waals surface area contributed by atoms with Gasteiger partial charge in [0.2, 0.25) is 5.91 Å². The third-order valence-corrected chi connectivity index (χ3v) is 2.38. The molecule has 0 aliphatic carbocycles. The Morgan fingerprint density at radius 1 is 1.24 bits per heavy atom. The van der Waals surface area contributed by atoms with E-state index >= 15 is 0 Å². The Hall–Kier alpha value is -2.18. The maximum Gasteiger partial charge on any atom is 0.271 e. The lowest BCUT2D eigenvalue weighted by molar-refractivity contribution is -0.122. The second kappa shape index (κ2) is 7.56. The first-order valence-electron chi connectivity index (χ1n) is 6.97. The summed E-state index contributed by atoms with van der Waals surface area (Å²) in [7, 11) is 0. The van der Waals surface area contributed by atoms with Crippen LogP contribution in [0, 0.1) is 0 Å². The summed E-state index contributed by atoms with van der Waals surface area (Å²) >= 11 is 0. The highest BCUT2D eigenvalue weighted by Crippen LogP contribution is 2.02. The lowest BCUT2D eigenvalue weighted by Crippen LogP contribution is -2.42. The molecule has 0 aliphatic heterocycles. The minimum Gasteiger partial charge on any atom is -0.369 e. The molecule has 1 rings (SSSR count). The molecule has 0 saturated heterocycles. The fourth-order valence-electron chi connectivity index (χ4n) is 1.60. The topological polar surface area (TPSA) is 96.0 Å². The second-order valence-corrected chi connectivity index (χ2v) is 5.62. The number of carbonyl (C=O) groups excluding carboxylic acids is 2. The molecule has 116 valence electrons. The van der Waals surface area contributed by atoms with Crippen LogP contribution < -0.4 is 16.0 Å². The number of nitrogens with one attached hydrogen (secondary N) is 3. The summed E-state index contributed by atoms with van der Waals surface area (Å²) in [6.07, 6.45) is 3.17. The standard InChI is InChI=1S/C14H23N5O2/c1-5-16-11-9-15-8-10(18-11)13(21)17-7-6-12(20)19-14(2,3)4/h8-9H,5-7H2,1-4H3,(H,16,18)(H,17,21)(H,19,20). The normalized spacial score (nSPS) is 10.9. The van der Waals surface area contributed by atoms with Gasteiger partial charge in [0.1, 0.15) is 11.5 Å². The summed E-state index contributed by atoms with van der Waals surface area (Å²) in [6, 6.07) is 0. The van der Waals surface area contributed by atoms with Crippen molar-refractivity contribution in [3.8, 4) is 0 Å². The monoisotopic (exact) mass is 293 g/mol. The van der Waals surface area contributed by atoms with Crippen LogP contribution in [0.4, 0.5) is 5.82 Å². The zero-order valence-electron chi connectivity index (χ0n) is 13.0. The SMILES string of the molecule is CCNc1cncc(C(=O)NCCC(=O)NC(C)(C)C)n1. The van der Waals surface area contributed by atoms with Crippen LogP contribution in [-0.2, 0) is 4.79 Å². The van der Waals surface area contributed by atoms with E-state index in [-0.39, 0.29) is 36.0 Å². The minimum atomic E-state index is -0.342. The van der Waals surface area contributed by atoms with Gasteiger partial charge in [-0.15, -0.1) is 0 Å². The molecule has 0 bridgehead atoms. The summed E-state index contributed by atoms with van der Waals surface area (Å²) in [5.41, 5.74) is -0.0446. The van der Waals surface area contributed by atoms with E-state index in [2.05, 4.69) is 25.9 Å². The van der Waals surface area contributed by atoms with Crippen molar-refractivity contribution in [2.75, 3.05) is 18.4 Å². The lowest BCUT2D eigenvalue weighted by atomic mass is 10.1. The molecule has 21 heavy (non-hydrogen) atoms. The Kier molecular flexibility index (Phi) is 6.08. The Balaban J connectivity index is 2.44. The predicted octanol–water partition coefficient (Wildman–Crippen LogP) is 0.943. The van der Waals surface area contributed by atoms with Crippen LogP contribution >= 0.6 is 0 Å². The zero-order valence-corrected chi connectivity index (χ0v) is 13.0. The van der Waals surface area contributed by atoms with Gasteiger partial charge in [-0.2, -0.15) is 0 Å². The Bertz CT molecular complexity index is 496. The van der Waals surface area contributed by atoms with Crippen molar-refractivity contribution in [3.05, 3.63) is 18.1 Å². The number of aromatic nitrogens is 2. The molecule has 0 unspecified atom stereocenters. The summed E-state index contributed by atoms with van der Waals surface area (Å²) in [5, 5.41) is 8.47. The van der Waals surface area contributed by atoms with Gasteiger partial charge in [0.05, 0.1) is 12.4 Å². The van der Waals surface area contributed by atoms with Crippen LogP contribution in [0.3, 0.4) is 0 Å². The highest BCUT2D eigenvalue weighted by molar-refractivity contribution is 5.92. The van der Waals surface area contributed by atoms with Crippen molar-refractivity contribution in [3.63, 3.8) is 0 Å². The Morgan fingerprint density at radius 3 is 2.57 bits per heavy atom. The van der Waals surface area contributed by atoms with Gasteiger partial charge in [0, 0.05) is 25.0 Å². The Morgan fingerprint density at radius 2 is 1.95 bits per heavy atom. The first-order valence-corrected chi connectivity index (χ1v) is 6.97. The molecule has 7 nitrogen and oxygen atoms in total. The molecule has 1 heterocycles. The average Bonchev–Trinajstić information content (AvgIpc) is 2.37. The van der Waals surface area contributed by atoms with Crippen molar-refractivity contribution >= 4 is 17.6 Å². The predicted molar refractivity (Wildman–Crippen MR) is 81.0 cm³/mol. The number of hydrogen-bond donors (Lipinski definition) is 3. The molecule has 0 fully saturated rings. The van der Waals surface area contributed by atoms with Gasteiger partial charge in [0.25, 0.3) is 5.91 Å². The maximum absolute atomic E-state index is 11.9. The van der Waals surface area contributed by atoms with Crippen LogP contribution in [0.15, 0.2) is 12.4 Å². The minimum absolute atomic E-state index is 0.102. The van der Waals surface area contributed by atoms with Crippen LogP contribution in [0.1, 0.15) is 44.6 Å². The van der Waals surface area contributed by atoms with Gasteiger partial charge >= 0.3 is 0 Å². The zero-order chi connectivity index (χ0) is 15.9. The van der Waals surface area contributed by atoms with Crippen LogP contribution in [0.25, 0.3) is 0 Å². The molecule has 2 amide bonds. The highest BCUT2D eigenvalue weighted by atomic mass is 16.2. The van der Waals surface area contributed by atoms with Crippen molar-refractivity contribution < 1.29 is 9.59 Å². The molecular formula is C14H23N5O2. The van der Waals surface area contributed by atoms with E-state index in [1.165, 1.54) is 6.20 Å². The van der Waals surface area contributed by atoms with Crippen molar-refractivity contribution in [1.82, 2.24) is 20.6 Å². The third-order valence-electron chi connectivity index (χ3n) is 2.38. The number of nitrogens with zero attached hydrogens (tertiary/aromatic N) is 2. The first kappa shape index (κ1) is 16.9. The molecule has 1 aromatic rings. The number of amides is 2. The average molecular weight is 293 g/mol. The van der Waals surface area contributed by atoms with Gasteiger partial charge in [-0.1, -0.05) is 0 Å². The van der Waals surface area contributed by atoms with Crippen LogP contribution in [0.2, 0.25) is 0 Å². The van der Waals surface area contributed by atoms with Crippen LogP contribution in [-0.4, -0.2) is 40.4 Å². The molecular weight excluding hydrogens is 270 g/mol. The van der Waals surface area contributed by atoms with Gasteiger partial charge in [0.15, 0.2) is 0 Å².